The van der Waals surface area contributed by atoms with Crippen LogP contribution in [0.1, 0.15) is 39.3 Å². The second kappa shape index (κ2) is 5.05. The number of unbranched alkanes of at least 4 members (excludes halogenated alkanes) is 1. The topological polar surface area (TPSA) is 17.8 Å². The Morgan fingerprint density at radius 1 is 1.46 bits per heavy atom. The molecule has 1 heterocycles. The van der Waals surface area contributed by atoms with E-state index in [0.29, 0.717) is 0 Å². The number of nitrogens with zero attached hydrogens (tertiary/aromatic N) is 2. The molecule has 0 bridgehead atoms. The fourth-order valence-corrected chi connectivity index (χ4v) is 1.46. The maximum atomic E-state index is 4.32. The van der Waals surface area contributed by atoms with Crippen molar-refractivity contribution < 1.29 is 0 Å². The van der Waals surface area contributed by atoms with Crippen LogP contribution in [0.25, 0.3) is 0 Å². The first-order valence-corrected chi connectivity index (χ1v) is 5.24. The van der Waals surface area contributed by atoms with Crippen molar-refractivity contribution in [3.05, 3.63) is 18.0 Å². The van der Waals surface area contributed by atoms with Crippen LogP contribution in [0.5, 0.6) is 0 Å². The van der Waals surface area contributed by atoms with Gasteiger partial charge in [0.2, 0.25) is 0 Å². The Balaban J connectivity index is 2.55. The van der Waals surface area contributed by atoms with Gasteiger partial charge in [0.15, 0.2) is 0 Å². The molecule has 13 heavy (non-hydrogen) atoms. The molecule has 0 saturated carbocycles. The minimum Gasteiger partial charge on any atom is -0.270 e. The van der Waals surface area contributed by atoms with Gasteiger partial charge in [0.05, 0.1) is 0 Å². The molecule has 0 aliphatic rings. The van der Waals surface area contributed by atoms with Crippen LogP contribution < -0.4 is 0 Å². The van der Waals surface area contributed by atoms with Gasteiger partial charge in [-0.15, -0.1) is 0 Å². The third-order valence-corrected chi connectivity index (χ3v) is 2.15. The summed E-state index contributed by atoms with van der Waals surface area (Å²) in [5, 5.41) is 4.32. The fourth-order valence-electron chi connectivity index (χ4n) is 1.46. The molecule has 0 N–H and O–H groups in total. The number of aromatic nitrogens is 2. The molecule has 0 spiro atoms. The van der Waals surface area contributed by atoms with Crippen LogP contribution in [0.3, 0.4) is 0 Å². The highest BCUT2D eigenvalue weighted by Crippen LogP contribution is 2.08. The number of aryl methyl sites for hydroxylation is 1. The van der Waals surface area contributed by atoms with Gasteiger partial charge in [-0.3, -0.25) is 4.68 Å². The van der Waals surface area contributed by atoms with E-state index in [2.05, 4.69) is 36.6 Å². The largest absolute Gasteiger partial charge is 0.270 e. The van der Waals surface area contributed by atoms with Crippen molar-refractivity contribution in [2.24, 2.45) is 5.92 Å². The van der Waals surface area contributed by atoms with E-state index in [0.717, 1.165) is 18.9 Å². The zero-order valence-corrected chi connectivity index (χ0v) is 8.95. The Bertz CT molecular complexity index is 238. The van der Waals surface area contributed by atoms with Crippen LogP contribution in [0.4, 0.5) is 0 Å². The third-order valence-electron chi connectivity index (χ3n) is 2.15. The summed E-state index contributed by atoms with van der Waals surface area (Å²) in [5.41, 5.74) is 1.38. The Morgan fingerprint density at radius 3 is 2.85 bits per heavy atom. The molecule has 0 aromatic carbocycles. The van der Waals surface area contributed by atoms with Gasteiger partial charge < -0.3 is 0 Å². The summed E-state index contributed by atoms with van der Waals surface area (Å²) in [6.45, 7) is 7.78. The summed E-state index contributed by atoms with van der Waals surface area (Å²) >= 11 is 0. The minimum absolute atomic E-state index is 0.720. The van der Waals surface area contributed by atoms with E-state index >= 15 is 0 Å². The first-order chi connectivity index (χ1) is 6.24. The Kier molecular flexibility index (Phi) is 4.00. The molecule has 0 amide bonds. The second-order valence-electron chi connectivity index (χ2n) is 4.00. The highest BCUT2D eigenvalue weighted by Gasteiger charge is 2.03. The normalized spacial score (nSPS) is 11.1. The molecule has 0 aliphatic carbocycles. The molecule has 0 unspecified atom stereocenters. The molecular formula is C11H20N2. The predicted molar refractivity (Wildman–Crippen MR) is 55.7 cm³/mol. The molecule has 0 aliphatic heterocycles. The molecule has 1 rings (SSSR count). The van der Waals surface area contributed by atoms with Crippen LogP contribution in [0.2, 0.25) is 0 Å². The first kappa shape index (κ1) is 10.3. The van der Waals surface area contributed by atoms with Crippen molar-refractivity contribution in [1.82, 2.24) is 9.78 Å². The average Bonchev–Trinajstić information content (AvgIpc) is 2.48. The first-order valence-electron chi connectivity index (χ1n) is 5.24. The summed E-state index contributed by atoms with van der Waals surface area (Å²) < 4.78 is 2.14. The van der Waals surface area contributed by atoms with Crippen molar-refractivity contribution in [2.75, 3.05) is 0 Å². The predicted octanol–water partition coefficient (Wildman–Crippen LogP) is 2.88. The molecule has 0 atom stereocenters. The quantitative estimate of drug-likeness (QED) is 0.681. The molecule has 0 radical (unpaired) electrons. The maximum Gasteiger partial charge on any atom is 0.0492 e. The van der Waals surface area contributed by atoms with E-state index in [4.69, 9.17) is 0 Å². The summed E-state index contributed by atoms with van der Waals surface area (Å²) in [6.07, 6.45) is 5.52. The van der Waals surface area contributed by atoms with E-state index in [-0.39, 0.29) is 0 Å². The Hall–Kier alpha value is -0.790. The number of rotatable bonds is 5. The van der Waals surface area contributed by atoms with Gasteiger partial charge in [-0.2, -0.15) is 5.10 Å². The van der Waals surface area contributed by atoms with E-state index in [9.17, 15) is 0 Å². The summed E-state index contributed by atoms with van der Waals surface area (Å²) in [5.74, 6) is 0.720. The van der Waals surface area contributed by atoms with Gasteiger partial charge in [-0.1, -0.05) is 27.2 Å². The maximum absolute atomic E-state index is 4.32. The molecule has 1 aromatic rings. The smallest absolute Gasteiger partial charge is 0.0492 e. The van der Waals surface area contributed by atoms with Crippen LogP contribution in [-0.2, 0) is 13.0 Å². The van der Waals surface area contributed by atoms with Gasteiger partial charge in [0.1, 0.15) is 0 Å². The Labute approximate surface area is 81.0 Å². The van der Waals surface area contributed by atoms with Crippen LogP contribution in [0, 0.1) is 5.92 Å². The summed E-state index contributed by atoms with van der Waals surface area (Å²) in [6, 6.07) is 2.13. The van der Waals surface area contributed by atoms with Crippen LogP contribution in [-0.4, -0.2) is 9.78 Å². The van der Waals surface area contributed by atoms with Gasteiger partial charge in [-0.25, -0.2) is 0 Å². The van der Waals surface area contributed by atoms with E-state index in [1.165, 1.54) is 18.5 Å². The molecule has 2 heteroatoms. The summed E-state index contributed by atoms with van der Waals surface area (Å²) in [4.78, 5) is 0. The van der Waals surface area contributed by atoms with Crippen molar-refractivity contribution in [3.63, 3.8) is 0 Å². The molecular weight excluding hydrogens is 160 g/mol. The standard InChI is InChI=1S/C11H20N2/c1-4-5-8-13-11(6-7-12-13)9-10(2)3/h6-7,10H,4-5,8-9H2,1-3H3. The lowest BCUT2D eigenvalue weighted by atomic mass is 10.1. The third kappa shape index (κ3) is 3.21. The molecule has 0 saturated heterocycles. The van der Waals surface area contributed by atoms with Gasteiger partial charge in [-0.05, 0) is 24.8 Å². The van der Waals surface area contributed by atoms with Crippen molar-refractivity contribution in [1.29, 1.82) is 0 Å². The lowest BCUT2D eigenvalue weighted by molar-refractivity contribution is 0.521. The minimum atomic E-state index is 0.720. The monoisotopic (exact) mass is 180 g/mol. The van der Waals surface area contributed by atoms with Crippen LogP contribution in [0.15, 0.2) is 12.3 Å². The lowest BCUT2D eigenvalue weighted by Crippen LogP contribution is -2.07. The molecule has 74 valence electrons. The van der Waals surface area contributed by atoms with Crippen molar-refractivity contribution in [3.8, 4) is 0 Å². The van der Waals surface area contributed by atoms with Crippen molar-refractivity contribution >= 4 is 0 Å². The van der Waals surface area contributed by atoms with E-state index in [1.807, 2.05) is 6.20 Å². The molecule has 2 nitrogen and oxygen atoms in total. The molecule has 0 fully saturated rings. The lowest BCUT2D eigenvalue weighted by Gasteiger charge is -2.08. The highest BCUT2D eigenvalue weighted by atomic mass is 15.3. The van der Waals surface area contributed by atoms with E-state index in [1.54, 1.807) is 0 Å². The molecule has 1 aromatic heterocycles. The van der Waals surface area contributed by atoms with Crippen LogP contribution >= 0.6 is 0 Å². The Morgan fingerprint density at radius 2 is 2.23 bits per heavy atom. The fraction of sp³-hybridized carbons (Fsp3) is 0.727. The number of hydrogen-bond donors (Lipinski definition) is 0. The van der Waals surface area contributed by atoms with Gasteiger partial charge in [0, 0.05) is 18.4 Å². The van der Waals surface area contributed by atoms with Gasteiger partial charge >= 0.3 is 0 Å². The SMILES string of the molecule is CCCCn1nccc1CC(C)C. The second-order valence-corrected chi connectivity index (χ2v) is 4.00. The van der Waals surface area contributed by atoms with Crippen molar-refractivity contribution in [2.45, 2.75) is 46.6 Å². The average molecular weight is 180 g/mol. The zero-order chi connectivity index (χ0) is 9.68. The van der Waals surface area contributed by atoms with Gasteiger partial charge in [0.25, 0.3) is 0 Å². The zero-order valence-electron chi connectivity index (χ0n) is 8.95. The number of hydrogen-bond acceptors (Lipinski definition) is 1. The van der Waals surface area contributed by atoms with E-state index < -0.39 is 0 Å². The highest BCUT2D eigenvalue weighted by molar-refractivity contribution is 5.01. The summed E-state index contributed by atoms with van der Waals surface area (Å²) in [7, 11) is 0.